The Balaban J connectivity index is 1.39. The average molecular weight is 339 g/mol. The Hall–Kier alpha value is -2.69. The summed E-state index contributed by atoms with van der Waals surface area (Å²) >= 11 is 0. The lowest BCUT2D eigenvalue weighted by Crippen LogP contribution is -2.40. The van der Waals surface area contributed by atoms with Gasteiger partial charge in [0.05, 0.1) is 6.10 Å². The molecule has 0 bridgehead atoms. The van der Waals surface area contributed by atoms with Crippen LogP contribution >= 0.6 is 0 Å². The Kier molecular flexibility index (Phi) is 4.46. The fourth-order valence-electron chi connectivity index (χ4n) is 3.22. The van der Waals surface area contributed by atoms with E-state index < -0.39 is 6.10 Å². The standard InChI is InChI=1S/C20H21NO4/c22-20(19-13-23-17-10-3-4-11-18(17)25-19)21-14-6-5-9-16(12-14)24-15-7-1-2-8-15/h3-6,9-12,15,19H,1-2,7-8,13H2,(H,21,22)/t19-/m1/s1. The van der Waals surface area contributed by atoms with Crippen LogP contribution in [0.15, 0.2) is 48.5 Å². The van der Waals surface area contributed by atoms with E-state index in [0.29, 0.717) is 17.2 Å². The van der Waals surface area contributed by atoms with Gasteiger partial charge in [-0.25, -0.2) is 0 Å². The maximum Gasteiger partial charge on any atom is 0.269 e. The van der Waals surface area contributed by atoms with Gasteiger partial charge in [0.2, 0.25) is 6.10 Å². The predicted octanol–water partition coefficient (Wildman–Crippen LogP) is 3.79. The molecule has 1 amide bonds. The van der Waals surface area contributed by atoms with Crippen molar-refractivity contribution in [1.29, 1.82) is 0 Å². The SMILES string of the molecule is O=C(Nc1cccc(OC2CCCC2)c1)[C@H]1COc2ccccc2O1. The van der Waals surface area contributed by atoms with Crippen LogP contribution in [0.1, 0.15) is 25.7 Å². The van der Waals surface area contributed by atoms with Crippen LogP contribution in [-0.4, -0.2) is 24.7 Å². The lowest BCUT2D eigenvalue weighted by Gasteiger charge is -2.25. The molecule has 1 atom stereocenters. The molecule has 1 N–H and O–H groups in total. The highest BCUT2D eigenvalue weighted by atomic mass is 16.6. The molecular weight excluding hydrogens is 318 g/mol. The van der Waals surface area contributed by atoms with Gasteiger partial charge in [0.25, 0.3) is 5.91 Å². The van der Waals surface area contributed by atoms with Crippen molar-refractivity contribution in [1.82, 2.24) is 0 Å². The van der Waals surface area contributed by atoms with Crippen LogP contribution in [0.2, 0.25) is 0 Å². The first-order valence-corrected chi connectivity index (χ1v) is 8.74. The van der Waals surface area contributed by atoms with Gasteiger partial charge in [-0.15, -0.1) is 0 Å². The molecule has 1 fully saturated rings. The Bertz CT molecular complexity index is 755. The Morgan fingerprint density at radius 1 is 1.04 bits per heavy atom. The number of nitrogens with one attached hydrogen (secondary N) is 1. The highest BCUT2D eigenvalue weighted by Gasteiger charge is 2.27. The van der Waals surface area contributed by atoms with Crippen molar-refractivity contribution in [3.05, 3.63) is 48.5 Å². The van der Waals surface area contributed by atoms with Crippen molar-refractivity contribution in [3.8, 4) is 17.2 Å². The molecular formula is C20H21NO4. The van der Waals surface area contributed by atoms with Gasteiger partial charge in [-0.1, -0.05) is 18.2 Å². The van der Waals surface area contributed by atoms with Gasteiger partial charge in [0.15, 0.2) is 11.5 Å². The number of hydrogen-bond donors (Lipinski definition) is 1. The zero-order chi connectivity index (χ0) is 17.1. The summed E-state index contributed by atoms with van der Waals surface area (Å²) < 4.78 is 17.3. The van der Waals surface area contributed by atoms with Crippen LogP contribution in [-0.2, 0) is 4.79 Å². The summed E-state index contributed by atoms with van der Waals surface area (Å²) in [6, 6.07) is 14.9. The summed E-state index contributed by atoms with van der Waals surface area (Å²) in [6.45, 7) is 0.196. The number of para-hydroxylation sites is 2. The Labute approximate surface area is 146 Å². The molecule has 130 valence electrons. The third kappa shape index (κ3) is 3.71. The molecule has 25 heavy (non-hydrogen) atoms. The van der Waals surface area contributed by atoms with Crippen molar-refractivity contribution in [2.75, 3.05) is 11.9 Å². The normalized spacial score (nSPS) is 19.4. The van der Waals surface area contributed by atoms with E-state index in [0.717, 1.165) is 18.6 Å². The van der Waals surface area contributed by atoms with E-state index >= 15 is 0 Å². The highest BCUT2D eigenvalue weighted by molar-refractivity contribution is 5.94. The summed E-state index contributed by atoms with van der Waals surface area (Å²) in [5, 5.41) is 2.88. The predicted molar refractivity (Wildman–Crippen MR) is 94.3 cm³/mol. The number of benzene rings is 2. The van der Waals surface area contributed by atoms with Gasteiger partial charge in [-0.2, -0.15) is 0 Å². The fourth-order valence-corrected chi connectivity index (χ4v) is 3.22. The van der Waals surface area contributed by atoms with Crippen LogP contribution < -0.4 is 19.5 Å². The third-order valence-electron chi connectivity index (χ3n) is 4.51. The monoisotopic (exact) mass is 339 g/mol. The van der Waals surface area contributed by atoms with Crippen molar-refractivity contribution in [3.63, 3.8) is 0 Å². The van der Waals surface area contributed by atoms with E-state index in [1.807, 2.05) is 42.5 Å². The van der Waals surface area contributed by atoms with Gasteiger partial charge in [0, 0.05) is 11.8 Å². The van der Waals surface area contributed by atoms with Gasteiger partial charge in [-0.05, 0) is 49.9 Å². The molecule has 0 unspecified atom stereocenters. The first-order valence-electron chi connectivity index (χ1n) is 8.74. The molecule has 5 heteroatoms. The summed E-state index contributed by atoms with van der Waals surface area (Å²) in [6.07, 6.45) is 4.27. The van der Waals surface area contributed by atoms with E-state index in [1.165, 1.54) is 12.8 Å². The number of anilines is 1. The first kappa shape index (κ1) is 15.8. The number of hydrogen-bond acceptors (Lipinski definition) is 4. The maximum absolute atomic E-state index is 12.5. The topological polar surface area (TPSA) is 56.8 Å². The fraction of sp³-hybridized carbons (Fsp3) is 0.350. The number of carbonyl (C=O) groups excluding carboxylic acids is 1. The lowest BCUT2D eigenvalue weighted by atomic mass is 10.2. The molecule has 1 aliphatic heterocycles. The lowest BCUT2D eigenvalue weighted by molar-refractivity contribution is -0.125. The van der Waals surface area contributed by atoms with Crippen molar-refractivity contribution < 1.29 is 19.0 Å². The van der Waals surface area contributed by atoms with Crippen LogP contribution in [0.25, 0.3) is 0 Å². The molecule has 0 spiro atoms. The number of ether oxygens (including phenoxy) is 3. The van der Waals surface area contributed by atoms with Gasteiger partial charge in [0.1, 0.15) is 12.4 Å². The van der Waals surface area contributed by atoms with Gasteiger partial charge >= 0.3 is 0 Å². The Morgan fingerprint density at radius 2 is 1.84 bits per heavy atom. The van der Waals surface area contributed by atoms with Gasteiger partial charge < -0.3 is 19.5 Å². The number of fused-ring (bicyclic) bond motifs is 1. The molecule has 4 rings (SSSR count). The first-order chi connectivity index (χ1) is 12.3. The van der Waals surface area contributed by atoms with E-state index in [-0.39, 0.29) is 18.6 Å². The summed E-state index contributed by atoms with van der Waals surface area (Å²) in [7, 11) is 0. The zero-order valence-corrected chi connectivity index (χ0v) is 13.9. The summed E-state index contributed by atoms with van der Waals surface area (Å²) in [4.78, 5) is 12.5. The van der Waals surface area contributed by atoms with E-state index in [9.17, 15) is 4.79 Å². The number of rotatable bonds is 4. The molecule has 1 aliphatic carbocycles. The average Bonchev–Trinajstić information content (AvgIpc) is 3.14. The molecule has 5 nitrogen and oxygen atoms in total. The van der Waals surface area contributed by atoms with Gasteiger partial charge in [-0.3, -0.25) is 4.79 Å². The molecule has 0 radical (unpaired) electrons. The van der Waals surface area contributed by atoms with Crippen molar-refractivity contribution in [2.45, 2.75) is 37.9 Å². The second-order valence-corrected chi connectivity index (χ2v) is 6.41. The van der Waals surface area contributed by atoms with Crippen molar-refractivity contribution in [2.24, 2.45) is 0 Å². The molecule has 2 aromatic carbocycles. The van der Waals surface area contributed by atoms with E-state index in [2.05, 4.69) is 5.32 Å². The molecule has 0 saturated heterocycles. The van der Waals surface area contributed by atoms with Crippen LogP contribution in [0.5, 0.6) is 17.2 Å². The van der Waals surface area contributed by atoms with E-state index in [1.54, 1.807) is 6.07 Å². The minimum atomic E-state index is -0.672. The van der Waals surface area contributed by atoms with Crippen LogP contribution in [0.3, 0.4) is 0 Å². The summed E-state index contributed by atoms with van der Waals surface area (Å²) in [5.41, 5.74) is 0.697. The quantitative estimate of drug-likeness (QED) is 0.921. The minimum absolute atomic E-state index is 0.196. The molecule has 0 aromatic heterocycles. The highest BCUT2D eigenvalue weighted by Crippen LogP contribution is 2.31. The second-order valence-electron chi connectivity index (χ2n) is 6.41. The Morgan fingerprint density at radius 3 is 2.68 bits per heavy atom. The summed E-state index contributed by atoms with van der Waals surface area (Å²) in [5.74, 6) is 1.81. The number of carbonyl (C=O) groups is 1. The van der Waals surface area contributed by atoms with E-state index in [4.69, 9.17) is 14.2 Å². The molecule has 1 heterocycles. The van der Waals surface area contributed by atoms with Crippen LogP contribution in [0.4, 0.5) is 5.69 Å². The zero-order valence-electron chi connectivity index (χ0n) is 13.9. The minimum Gasteiger partial charge on any atom is -0.490 e. The maximum atomic E-state index is 12.5. The largest absolute Gasteiger partial charge is 0.490 e. The molecule has 2 aromatic rings. The smallest absolute Gasteiger partial charge is 0.269 e. The molecule has 1 saturated carbocycles. The third-order valence-corrected chi connectivity index (χ3v) is 4.51. The van der Waals surface area contributed by atoms with Crippen LogP contribution in [0, 0.1) is 0 Å². The molecule has 2 aliphatic rings. The number of amides is 1. The second kappa shape index (κ2) is 7.05. The van der Waals surface area contributed by atoms with Crippen molar-refractivity contribution >= 4 is 11.6 Å².